The van der Waals surface area contributed by atoms with E-state index < -0.39 is 10.0 Å². The van der Waals surface area contributed by atoms with Gasteiger partial charge in [0.05, 0.1) is 10.6 Å². The van der Waals surface area contributed by atoms with Crippen molar-refractivity contribution in [2.45, 2.75) is 30.3 Å². The number of amides is 1. The summed E-state index contributed by atoms with van der Waals surface area (Å²) in [5.74, 6) is 0.672. The smallest absolute Gasteiger partial charge is 0.243 e. The number of thioether (sulfide) groups is 1. The molecule has 3 rings (SSSR count). The molecule has 1 amide bonds. The molecule has 0 spiro atoms. The average molecular weight is 421 g/mol. The van der Waals surface area contributed by atoms with E-state index in [9.17, 15) is 13.2 Å². The topological polar surface area (TPSA) is 92.3 Å². The van der Waals surface area contributed by atoms with Crippen LogP contribution in [-0.4, -0.2) is 47.4 Å². The highest BCUT2D eigenvalue weighted by Crippen LogP contribution is 2.27. The Morgan fingerprint density at radius 1 is 1.14 bits per heavy atom. The minimum absolute atomic E-state index is 0.174. The summed E-state index contributed by atoms with van der Waals surface area (Å²) in [7, 11) is -3.52. The zero-order valence-corrected chi connectivity index (χ0v) is 17.5. The molecule has 9 heteroatoms. The summed E-state index contributed by atoms with van der Waals surface area (Å²) in [5.41, 5.74) is 0.555. The number of piperidine rings is 1. The van der Waals surface area contributed by atoms with Crippen molar-refractivity contribution >= 4 is 33.4 Å². The van der Waals surface area contributed by atoms with Gasteiger partial charge in [0, 0.05) is 31.2 Å². The molecule has 1 aliphatic heterocycles. The minimum Gasteiger partial charge on any atom is -0.325 e. The van der Waals surface area contributed by atoms with Gasteiger partial charge in [-0.1, -0.05) is 25.6 Å². The number of hydrogen-bond donors (Lipinski definition) is 1. The molecule has 150 valence electrons. The first-order valence-electron chi connectivity index (χ1n) is 9.14. The van der Waals surface area contributed by atoms with Crippen LogP contribution >= 0.6 is 11.8 Å². The fraction of sp³-hybridized carbons (Fsp3) is 0.421. The molecule has 1 aromatic heterocycles. The lowest BCUT2D eigenvalue weighted by Gasteiger charge is -2.34. The first-order valence-corrected chi connectivity index (χ1v) is 11.6. The molecule has 1 fully saturated rings. The quantitative estimate of drug-likeness (QED) is 0.571. The highest BCUT2D eigenvalue weighted by atomic mass is 32.2. The summed E-state index contributed by atoms with van der Waals surface area (Å²) in [6, 6.07) is 8.03. The van der Waals surface area contributed by atoms with Crippen molar-refractivity contribution < 1.29 is 13.2 Å². The van der Waals surface area contributed by atoms with Gasteiger partial charge in [-0.3, -0.25) is 4.79 Å². The van der Waals surface area contributed by atoms with Crippen molar-refractivity contribution in [3.63, 3.8) is 0 Å². The van der Waals surface area contributed by atoms with Crippen LogP contribution in [0.4, 0.5) is 5.69 Å². The Bertz CT molecular complexity index is 895. The third-order valence-electron chi connectivity index (χ3n) is 4.49. The molecule has 0 unspecified atom stereocenters. The fourth-order valence-electron chi connectivity index (χ4n) is 3.35. The zero-order chi connectivity index (χ0) is 20.1. The molecule has 1 N–H and O–H groups in total. The van der Waals surface area contributed by atoms with E-state index in [1.807, 2.05) is 0 Å². The second kappa shape index (κ2) is 9.02. The van der Waals surface area contributed by atoms with Gasteiger partial charge in [0.25, 0.3) is 0 Å². The summed E-state index contributed by atoms with van der Waals surface area (Å²) in [6.07, 6.45) is 4.29. The molecule has 1 saturated heterocycles. The highest BCUT2D eigenvalue weighted by Gasteiger charge is 2.31. The summed E-state index contributed by atoms with van der Waals surface area (Å²) >= 11 is 1.24. The van der Waals surface area contributed by atoms with Crippen LogP contribution in [0.5, 0.6) is 0 Å². The maximum absolute atomic E-state index is 12.9. The lowest BCUT2D eigenvalue weighted by molar-refractivity contribution is -0.113. The number of rotatable bonds is 6. The molecule has 0 radical (unpaired) electrons. The number of carbonyl (C=O) groups is 1. The maximum Gasteiger partial charge on any atom is 0.243 e. The van der Waals surface area contributed by atoms with Crippen LogP contribution in [0.1, 0.15) is 20.3 Å². The lowest BCUT2D eigenvalue weighted by atomic mass is 9.94. The summed E-state index contributed by atoms with van der Waals surface area (Å²) < 4.78 is 27.4. The van der Waals surface area contributed by atoms with Crippen molar-refractivity contribution in [1.82, 2.24) is 14.3 Å². The predicted octanol–water partition coefficient (Wildman–Crippen LogP) is 2.87. The predicted molar refractivity (Wildman–Crippen MR) is 110 cm³/mol. The van der Waals surface area contributed by atoms with Gasteiger partial charge in [0.2, 0.25) is 15.9 Å². The number of nitrogens with zero attached hydrogens (tertiary/aromatic N) is 3. The van der Waals surface area contributed by atoms with Gasteiger partial charge in [0.1, 0.15) is 0 Å². The number of sulfonamides is 1. The monoisotopic (exact) mass is 420 g/mol. The molecular weight excluding hydrogens is 396 g/mol. The molecule has 2 aromatic rings. The number of nitrogens with one attached hydrogen (secondary N) is 1. The molecule has 1 aromatic carbocycles. The molecule has 0 bridgehead atoms. The van der Waals surface area contributed by atoms with E-state index >= 15 is 0 Å². The van der Waals surface area contributed by atoms with E-state index in [0.717, 1.165) is 6.42 Å². The highest BCUT2D eigenvalue weighted by molar-refractivity contribution is 7.99. The van der Waals surface area contributed by atoms with E-state index in [1.54, 1.807) is 47.0 Å². The summed E-state index contributed by atoms with van der Waals surface area (Å²) in [5, 5.41) is 3.29. The van der Waals surface area contributed by atoms with E-state index in [1.165, 1.54) is 11.8 Å². The molecule has 2 atom stereocenters. The summed E-state index contributed by atoms with van der Waals surface area (Å²) in [4.78, 5) is 20.4. The van der Waals surface area contributed by atoms with Crippen LogP contribution in [0.2, 0.25) is 0 Å². The van der Waals surface area contributed by atoms with E-state index in [4.69, 9.17) is 0 Å². The number of anilines is 1. The SMILES string of the molecule is C[C@H]1C[C@H](C)CN(S(=O)(=O)c2ccc(NC(=O)CSc3ncccn3)cc2)C1. The Labute approximate surface area is 170 Å². The van der Waals surface area contributed by atoms with Crippen LogP contribution < -0.4 is 5.32 Å². The van der Waals surface area contributed by atoms with Gasteiger partial charge in [-0.2, -0.15) is 4.31 Å². The Kier molecular flexibility index (Phi) is 6.69. The van der Waals surface area contributed by atoms with E-state index in [2.05, 4.69) is 29.1 Å². The second-order valence-electron chi connectivity index (χ2n) is 7.16. The van der Waals surface area contributed by atoms with Crippen molar-refractivity contribution in [2.24, 2.45) is 11.8 Å². The standard InChI is InChI=1S/C19H24N4O3S2/c1-14-10-15(2)12-23(11-14)28(25,26)17-6-4-16(5-7-17)22-18(24)13-27-19-20-8-3-9-21-19/h3-9,14-15H,10-13H2,1-2H3,(H,22,24)/t14-,15-/m0/s1. The molecule has 2 heterocycles. The van der Waals surface area contributed by atoms with Crippen molar-refractivity contribution in [1.29, 1.82) is 0 Å². The number of hydrogen-bond acceptors (Lipinski definition) is 6. The Morgan fingerprint density at radius 2 is 1.75 bits per heavy atom. The lowest BCUT2D eigenvalue weighted by Crippen LogP contribution is -2.42. The van der Waals surface area contributed by atoms with Crippen molar-refractivity contribution in [3.8, 4) is 0 Å². The third kappa shape index (κ3) is 5.30. The van der Waals surface area contributed by atoms with Crippen molar-refractivity contribution in [2.75, 3.05) is 24.2 Å². The van der Waals surface area contributed by atoms with Crippen LogP contribution in [0.3, 0.4) is 0 Å². The van der Waals surface area contributed by atoms with Crippen LogP contribution in [0.15, 0.2) is 52.8 Å². The van der Waals surface area contributed by atoms with Gasteiger partial charge in [0.15, 0.2) is 5.16 Å². The Balaban J connectivity index is 1.60. The first kappa shape index (κ1) is 20.8. The molecule has 0 aliphatic carbocycles. The number of carbonyl (C=O) groups excluding carboxylic acids is 1. The largest absolute Gasteiger partial charge is 0.325 e. The normalized spacial score (nSPS) is 20.6. The first-order chi connectivity index (χ1) is 13.3. The Hall–Kier alpha value is -1.97. The Morgan fingerprint density at radius 3 is 2.36 bits per heavy atom. The van der Waals surface area contributed by atoms with Gasteiger partial charge in [-0.15, -0.1) is 0 Å². The minimum atomic E-state index is -3.52. The molecule has 1 aliphatic rings. The van der Waals surface area contributed by atoms with Crippen LogP contribution in [-0.2, 0) is 14.8 Å². The van der Waals surface area contributed by atoms with Gasteiger partial charge < -0.3 is 5.32 Å². The molecular formula is C19H24N4O3S2. The van der Waals surface area contributed by atoms with Crippen LogP contribution in [0.25, 0.3) is 0 Å². The zero-order valence-electron chi connectivity index (χ0n) is 15.9. The van der Waals surface area contributed by atoms with Gasteiger partial charge in [-0.05, 0) is 48.6 Å². The van der Waals surface area contributed by atoms with Crippen LogP contribution in [0, 0.1) is 11.8 Å². The average Bonchev–Trinajstić information content (AvgIpc) is 2.67. The number of benzene rings is 1. The maximum atomic E-state index is 12.9. The van der Waals surface area contributed by atoms with Gasteiger partial charge in [-0.25, -0.2) is 18.4 Å². The fourth-order valence-corrected chi connectivity index (χ4v) is 5.63. The van der Waals surface area contributed by atoms with E-state index in [-0.39, 0.29) is 16.6 Å². The molecule has 0 saturated carbocycles. The molecule has 7 nitrogen and oxygen atoms in total. The van der Waals surface area contributed by atoms with Crippen molar-refractivity contribution in [3.05, 3.63) is 42.7 Å². The van der Waals surface area contributed by atoms with E-state index in [0.29, 0.717) is 35.8 Å². The van der Waals surface area contributed by atoms with Gasteiger partial charge >= 0.3 is 0 Å². The summed E-state index contributed by atoms with van der Waals surface area (Å²) in [6.45, 7) is 5.25. The number of aromatic nitrogens is 2. The second-order valence-corrected chi connectivity index (χ2v) is 10.0. The molecule has 28 heavy (non-hydrogen) atoms. The third-order valence-corrected chi connectivity index (χ3v) is 7.21.